The van der Waals surface area contributed by atoms with Gasteiger partial charge < -0.3 is 10.6 Å². The third-order valence-corrected chi connectivity index (χ3v) is 4.69. The summed E-state index contributed by atoms with van der Waals surface area (Å²) in [6, 6.07) is 7.08. The predicted octanol–water partition coefficient (Wildman–Crippen LogP) is 3.68. The van der Waals surface area contributed by atoms with Crippen molar-refractivity contribution in [3.8, 4) is 0 Å². The molecule has 1 aromatic heterocycles. The Bertz CT molecular complexity index is 737. The van der Waals surface area contributed by atoms with E-state index in [-0.39, 0.29) is 23.9 Å². The summed E-state index contributed by atoms with van der Waals surface area (Å²) in [4.78, 5) is 27.9. The summed E-state index contributed by atoms with van der Waals surface area (Å²) in [6.45, 7) is 3.79. The number of anilines is 2. The Morgan fingerprint density at radius 1 is 1.21 bits per heavy atom. The van der Waals surface area contributed by atoms with Gasteiger partial charge in [-0.05, 0) is 44.4 Å². The van der Waals surface area contributed by atoms with Crippen molar-refractivity contribution in [1.82, 2.24) is 10.3 Å². The number of rotatable bonds is 5. The van der Waals surface area contributed by atoms with E-state index in [4.69, 9.17) is 0 Å². The Morgan fingerprint density at radius 3 is 2.50 bits per heavy atom. The van der Waals surface area contributed by atoms with E-state index in [1.54, 1.807) is 0 Å². The zero-order valence-corrected chi connectivity index (χ0v) is 14.4. The quantitative estimate of drug-likeness (QED) is 0.773. The van der Waals surface area contributed by atoms with Gasteiger partial charge in [0.05, 0.1) is 11.7 Å². The van der Waals surface area contributed by atoms with E-state index in [1.165, 1.54) is 11.3 Å². The Kier molecular flexibility index (Phi) is 4.80. The highest BCUT2D eigenvalue weighted by molar-refractivity contribution is 7.13. The minimum atomic E-state index is -0.289. The third-order valence-electron chi connectivity index (χ3n) is 3.81. The Labute approximate surface area is 144 Å². The molecule has 0 bridgehead atoms. The van der Waals surface area contributed by atoms with Gasteiger partial charge in [0.25, 0.3) is 0 Å². The number of aryl methyl sites for hydroxylation is 1. The first-order chi connectivity index (χ1) is 11.5. The summed E-state index contributed by atoms with van der Waals surface area (Å²) in [5.74, 6) is 0.274. The first-order valence-corrected chi connectivity index (χ1v) is 8.79. The smallest absolute Gasteiger partial charge is 0.321 e. The maximum atomic E-state index is 12.0. The van der Waals surface area contributed by atoms with Crippen molar-refractivity contribution in [2.45, 2.75) is 32.7 Å². The highest BCUT2D eigenvalue weighted by atomic mass is 32.1. The average molecular weight is 344 g/mol. The van der Waals surface area contributed by atoms with Gasteiger partial charge in [-0.1, -0.05) is 12.1 Å². The molecule has 126 valence electrons. The minimum absolute atomic E-state index is 0.0899. The van der Waals surface area contributed by atoms with E-state index in [9.17, 15) is 9.59 Å². The fraction of sp³-hybridized carbons (Fsp3) is 0.353. The summed E-state index contributed by atoms with van der Waals surface area (Å²) in [6.07, 6.45) is 1.97. The normalized spacial score (nSPS) is 14.8. The molecule has 0 saturated heterocycles. The summed E-state index contributed by atoms with van der Waals surface area (Å²) in [5, 5.41) is 11.0. The van der Waals surface area contributed by atoms with Crippen LogP contribution in [0.15, 0.2) is 29.6 Å². The number of aromatic nitrogens is 1. The van der Waals surface area contributed by atoms with Crippen LogP contribution in [-0.2, 0) is 4.79 Å². The van der Waals surface area contributed by atoms with E-state index < -0.39 is 0 Å². The number of urea groups is 1. The van der Waals surface area contributed by atoms with E-state index in [0.717, 1.165) is 29.8 Å². The number of hydrogen-bond acceptors (Lipinski definition) is 4. The Balaban J connectivity index is 1.53. The highest BCUT2D eigenvalue weighted by Crippen LogP contribution is 2.30. The molecule has 1 aliphatic rings. The van der Waals surface area contributed by atoms with Gasteiger partial charge in [-0.25, -0.2) is 9.78 Å². The van der Waals surface area contributed by atoms with Crippen molar-refractivity contribution in [1.29, 1.82) is 0 Å². The fourth-order valence-electron chi connectivity index (χ4n) is 2.27. The molecule has 3 rings (SSSR count). The minimum Gasteiger partial charge on any atom is -0.331 e. The van der Waals surface area contributed by atoms with Gasteiger partial charge in [0.2, 0.25) is 5.91 Å². The first-order valence-electron chi connectivity index (χ1n) is 7.92. The number of thiazole rings is 1. The van der Waals surface area contributed by atoms with Gasteiger partial charge in [-0.3, -0.25) is 10.1 Å². The SMILES string of the molecule is Cc1csc(NC(=O)NC(C)c2ccc(NC(=O)C3CC3)cc2)n1. The summed E-state index contributed by atoms with van der Waals surface area (Å²) in [5.41, 5.74) is 2.63. The second-order valence-electron chi connectivity index (χ2n) is 6.00. The maximum Gasteiger partial charge on any atom is 0.321 e. The number of nitrogens with zero attached hydrogens (tertiary/aromatic N) is 1. The van der Waals surface area contributed by atoms with Gasteiger partial charge in [0.1, 0.15) is 0 Å². The second-order valence-corrected chi connectivity index (χ2v) is 6.86. The predicted molar refractivity (Wildman–Crippen MR) is 95.2 cm³/mol. The van der Waals surface area contributed by atoms with Crippen molar-refractivity contribution in [2.24, 2.45) is 5.92 Å². The molecule has 1 aromatic carbocycles. The lowest BCUT2D eigenvalue weighted by Crippen LogP contribution is -2.31. The van der Waals surface area contributed by atoms with Gasteiger partial charge in [0.15, 0.2) is 5.13 Å². The molecule has 1 heterocycles. The summed E-state index contributed by atoms with van der Waals surface area (Å²) in [7, 11) is 0. The van der Waals surface area contributed by atoms with Gasteiger partial charge in [-0.2, -0.15) is 0 Å². The molecule has 2 aromatic rings. The van der Waals surface area contributed by atoms with Gasteiger partial charge >= 0.3 is 6.03 Å². The largest absolute Gasteiger partial charge is 0.331 e. The van der Waals surface area contributed by atoms with Gasteiger partial charge in [0, 0.05) is 17.0 Å². The molecule has 1 atom stereocenters. The topological polar surface area (TPSA) is 83.1 Å². The number of hydrogen-bond donors (Lipinski definition) is 3. The van der Waals surface area contributed by atoms with Crippen LogP contribution in [0.1, 0.15) is 37.1 Å². The second kappa shape index (κ2) is 7.00. The van der Waals surface area contributed by atoms with Crippen molar-refractivity contribution in [2.75, 3.05) is 10.6 Å². The van der Waals surface area contributed by atoms with Crippen LogP contribution >= 0.6 is 11.3 Å². The van der Waals surface area contributed by atoms with Crippen LogP contribution in [0.3, 0.4) is 0 Å². The number of carbonyl (C=O) groups excluding carboxylic acids is 2. The van der Waals surface area contributed by atoms with Crippen molar-refractivity contribution >= 4 is 34.1 Å². The van der Waals surface area contributed by atoms with Crippen LogP contribution in [0.5, 0.6) is 0 Å². The summed E-state index contributed by atoms with van der Waals surface area (Å²) >= 11 is 1.39. The lowest BCUT2D eigenvalue weighted by Gasteiger charge is -2.15. The number of benzene rings is 1. The molecule has 1 saturated carbocycles. The molecule has 1 aliphatic carbocycles. The van der Waals surface area contributed by atoms with Gasteiger partial charge in [-0.15, -0.1) is 11.3 Å². The average Bonchev–Trinajstić information content (AvgIpc) is 3.32. The standard InChI is InChI=1S/C17H20N4O2S/c1-10-9-24-17(18-10)21-16(23)19-11(2)12-5-7-14(8-6-12)20-15(22)13-3-4-13/h5-9,11,13H,3-4H2,1-2H3,(H,20,22)(H2,18,19,21,23). The molecular weight excluding hydrogens is 324 g/mol. The number of carbonyl (C=O) groups is 2. The monoisotopic (exact) mass is 344 g/mol. The zero-order valence-electron chi connectivity index (χ0n) is 13.6. The van der Waals surface area contributed by atoms with E-state index >= 15 is 0 Å². The van der Waals surface area contributed by atoms with E-state index in [0.29, 0.717) is 5.13 Å². The van der Waals surface area contributed by atoms with Crippen LogP contribution in [0, 0.1) is 12.8 Å². The Morgan fingerprint density at radius 2 is 1.92 bits per heavy atom. The lowest BCUT2D eigenvalue weighted by atomic mass is 10.1. The zero-order chi connectivity index (χ0) is 17.1. The first kappa shape index (κ1) is 16.4. The number of nitrogens with one attached hydrogen (secondary N) is 3. The molecular formula is C17H20N4O2S. The number of amides is 3. The van der Waals surface area contributed by atoms with Crippen LogP contribution in [0.25, 0.3) is 0 Å². The van der Waals surface area contributed by atoms with E-state index in [1.807, 2.05) is 43.5 Å². The molecule has 1 fully saturated rings. The van der Waals surface area contributed by atoms with Crippen molar-refractivity contribution in [3.05, 3.63) is 40.9 Å². The van der Waals surface area contributed by atoms with Crippen molar-refractivity contribution < 1.29 is 9.59 Å². The molecule has 3 N–H and O–H groups in total. The third kappa shape index (κ3) is 4.32. The van der Waals surface area contributed by atoms with Crippen molar-refractivity contribution in [3.63, 3.8) is 0 Å². The molecule has 0 spiro atoms. The molecule has 0 radical (unpaired) electrons. The molecule has 0 aliphatic heterocycles. The molecule has 7 heteroatoms. The molecule has 6 nitrogen and oxygen atoms in total. The highest BCUT2D eigenvalue weighted by Gasteiger charge is 2.29. The lowest BCUT2D eigenvalue weighted by molar-refractivity contribution is -0.117. The molecule has 1 unspecified atom stereocenters. The summed E-state index contributed by atoms with van der Waals surface area (Å²) < 4.78 is 0. The maximum absolute atomic E-state index is 12.0. The van der Waals surface area contributed by atoms with E-state index in [2.05, 4.69) is 20.9 Å². The van der Waals surface area contributed by atoms with Crippen LogP contribution in [0.4, 0.5) is 15.6 Å². The van der Waals surface area contributed by atoms with Crippen LogP contribution < -0.4 is 16.0 Å². The van der Waals surface area contributed by atoms with Crippen LogP contribution in [0.2, 0.25) is 0 Å². The van der Waals surface area contributed by atoms with Crippen LogP contribution in [-0.4, -0.2) is 16.9 Å². The molecule has 24 heavy (non-hydrogen) atoms. The fourth-order valence-corrected chi connectivity index (χ4v) is 2.95. The molecule has 3 amide bonds. The Hall–Kier alpha value is -2.41.